The summed E-state index contributed by atoms with van der Waals surface area (Å²) in [6.45, 7) is 6.09. The van der Waals surface area contributed by atoms with Crippen molar-refractivity contribution in [2.24, 2.45) is 0 Å². The fraction of sp³-hybridized carbons (Fsp3) is 0.588. The number of nitrogens with zero attached hydrogens (tertiary/aromatic N) is 2. The van der Waals surface area contributed by atoms with Crippen LogP contribution in [0.4, 0.5) is 0 Å². The Hall–Kier alpha value is -1.79. The number of ether oxygens (including phenoxy) is 2. The van der Waals surface area contributed by atoms with Gasteiger partial charge in [-0.05, 0) is 32.1 Å². The number of carbonyl (C=O) groups excluding carboxylic acids is 1. The lowest BCUT2D eigenvalue weighted by Crippen LogP contribution is -2.45. The number of nitrogens with one attached hydrogen (secondary N) is 1. The summed E-state index contributed by atoms with van der Waals surface area (Å²) in [7, 11) is 5.26. The second-order valence-corrected chi connectivity index (χ2v) is 5.79. The molecule has 0 unspecified atom stereocenters. The molecule has 1 aliphatic heterocycles. The van der Waals surface area contributed by atoms with Gasteiger partial charge in [-0.1, -0.05) is 6.07 Å². The Bertz CT molecular complexity index is 492. The van der Waals surface area contributed by atoms with Gasteiger partial charge in [-0.25, -0.2) is 0 Å². The SMILES string of the molecule is COc1cccc(OC)c1C(=O)NCCCN1CCN(C)CC1. The summed E-state index contributed by atoms with van der Waals surface area (Å²) in [4.78, 5) is 17.2. The highest BCUT2D eigenvalue weighted by Crippen LogP contribution is 2.27. The van der Waals surface area contributed by atoms with Crippen LogP contribution in [0.1, 0.15) is 16.8 Å². The third-order valence-electron chi connectivity index (χ3n) is 4.19. The third-order valence-corrected chi connectivity index (χ3v) is 4.19. The van der Waals surface area contributed by atoms with Crippen molar-refractivity contribution in [1.82, 2.24) is 15.1 Å². The Morgan fingerprint density at radius 1 is 1.13 bits per heavy atom. The topological polar surface area (TPSA) is 54.0 Å². The van der Waals surface area contributed by atoms with Crippen molar-refractivity contribution in [2.75, 3.05) is 60.5 Å². The molecule has 23 heavy (non-hydrogen) atoms. The molecule has 0 saturated carbocycles. The van der Waals surface area contributed by atoms with Crippen molar-refractivity contribution in [3.05, 3.63) is 23.8 Å². The number of amides is 1. The Labute approximate surface area is 138 Å². The predicted octanol–water partition coefficient (Wildman–Crippen LogP) is 1.07. The molecule has 0 aliphatic carbocycles. The molecule has 0 radical (unpaired) electrons. The van der Waals surface area contributed by atoms with Crippen LogP contribution in [0.3, 0.4) is 0 Å². The number of hydrogen-bond donors (Lipinski definition) is 1. The fourth-order valence-corrected chi connectivity index (χ4v) is 2.74. The summed E-state index contributed by atoms with van der Waals surface area (Å²) in [6.07, 6.45) is 0.937. The van der Waals surface area contributed by atoms with E-state index in [0.717, 1.165) is 39.1 Å². The Kier molecular flexibility index (Phi) is 6.67. The number of hydrogen-bond acceptors (Lipinski definition) is 5. The van der Waals surface area contributed by atoms with Crippen LogP contribution < -0.4 is 14.8 Å². The van der Waals surface area contributed by atoms with Gasteiger partial charge in [0.2, 0.25) is 0 Å². The molecule has 0 spiro atoms. The van der Waals surface area contributed by atoms with E-state index in [0.29, 0.717) is 23.6 Å². The smallest absolute Gasteiger partial charge is 0.258 e. The molecule has 1 saturated heterocycles. The van der Waals surface area contributed by atoms with Gasteiger partial charge in [0, 0.05) is 32.7 Å². The normalized spacial score (nSPS) is 16.1. The zero-order valence-corrected chi connectivity index (χ0v) is 14.3. The Morgan fingerprint density at radius 2 is 1.74 bits per heavy atom. The molecule has 1 aromatic carbocycles. The molecule has 2 rings (SSSR count). The second kappa shape index (κ2) is 8.74. The summed E-state index contributed by atoms with van der Waals surface area (Å²) in [5.74, 6) is 0.902. The van der Waals surface area contributed by atoms with Crippen LogP contribution in [0.5, 0.6) is 11.5 Å². The first-order valence-corrected chi connectivity index (χ1v) is 8.05. The standard InChI is InChI=1S/C17H27N3O3/c1-19-10-12-20(13-11-19)9-5-8-18-17(21)16-14(22-2)6-4-7-15(16)23-3/h4,6-7H,5,8-13H2,1-3H3,(H,18,21). The van der Waals surface area contributed by atoms with Crippen molar-refractivity contribution in [3.63, 3.8) is 0 Å². The van der Waals surface area contributed by atoms with Gasteiger partial charge in [-0.15, -0.1) is 0 Å². The van der Waals surface area contributed by atoms with Crippen molar-refractivity contribution < 1.29 is 14.3 Å². The maximum Gasteiger partial charge on any atom is 0.258 e. The first-order chi connectivity index (χ1) is 11.2. The molecule has 1 fully saturated rings. The van der Waals surface area contributed by atoms with Crippen molar-refractivity contribution >= 4 is 5.91 Å². The molecule has 1 heterocycles. The average Bonchev–Trinajstić information content (AvgIpc) is 2.59. The largest absolute Gasteiger partial charge is 0.496 e. The van der Waals surface area contributed by atoms with Gasteiger partial charge in [-0.2, -0.15) is 0 Å². The Morgan fingerprint density at radius 3 is 2.30 bits per heavy atom. The first kappa shape index (κ1) is 17.6. The van der Waals surface area contributed by atoms with E-state index in [1.165, 1.54) is 0 Å². The highest BCUT2D eigenvalue weighted by Gasteiger charge is 2.18. The molecule has 6 nitrogen and oxygen atoms in total. The van der Waals surface area contributed by atoms with Gasteiger partial charge in [0.05, 0.1) is 14.2 Å². The van der Waals surface area contributed by atoms with Crippen LogP contribution in [-0.4, -0.2) is 76.2 Å². The maximum absolute atomic E-state index is 12.4. The predicted molar refractivity (Wildman–Crippen MR) is 90.4 cm³/mol. The Balaban J connectivity index is 1.81. The maximum atomic E-state index is 12.4. The lowest BCUT2D eigenvalue weighted by atomic mass is 10.1. The summed E-state index contributed by atoms with van der Waals surface area (Å²) in [5, 5.41) is 2.96. The van der Waals surface area contributed by atoms with E-state index in [4.69, 9.17) is 9.47 Å². The molecule has 128 valence electrons. The summed E-state index contributed by atoms with van der Waals surface area (Å²) in [6, 6.07) is 5.34. The van der Waals surface area contributed by atoms with Gasteiger partial charge < -0.3 is 24.6 Å². The molecule has 1 amide bonds. The van der Waals surface area contributed by atoms with E-state index >= 15 is 0 Å². The minimum atomic E-state index is -0.155. The van der Waals surface area contributed by atoms with Gasteiger partial charge in [0.1, 0.15) is 17.1 Å². The van der Waals surface area contributed by atoms with Crippen LogP contribution in [0, 0.1) is 0 Å². The van der Waals surface area contributed by atoms with Gasteiger partial charge in [0.15, 0.2) is 0 Å². The molecular formula is C17H27N3O3. The molecule has 1 aliphatic rings. The number of benzene rings is 1. The molecule has 1 N–H and O–H groups in total. The van der Waals surface area contributed by atoms with E-state index < -0.39 is 0 Å². The lowest BCUT2D eigenvalue weighted by Gasteiger charge is -2.32. The zero-order chi connectivity index (χ0) is 16.7. The van der Waals surface area contributed by atoms with Crippen molar-refractivity contribution in [3.8, 4) is 11.5 Å². The van der Waals surface area contributed by atoms with Crippen LogP contribution in [-0.2, 0) is 0 Å². The van der Waals surface area contributed by atoms with Gasteiger partial charge in [-0.3, -0.25) is 4.79 Å². The minimum absolute atomic E-state index is 0.155. The van der Waals surface area contributed by atoms with Crippen molar-refractivity contribution in [1.29, 1.82) is 0 Å². The lowest BCUT2D eigenvalue weighted by molar-refractivity contribution is 0.0943. The third kappa shape index (κ3) is 4.84. The summed E-state index contributed by atoms with van der Waals surface area (Å²) in [5.41, 5.74) is 0.456. The van der Waals surface area contributed by atoms with Gasteiger partial charge >= 0.3 is 0 Å². The fourth-order valence-electron chi connectivity index (χ4n) is 2.74. The van der Waals surface area contributed by atoms with E-state index in [-0.39, 0.29) is 5.91 Å². The number of piperazine rings is 1. The highest BCUT2D eigenvalue weighted by atomic mass is 16.5. The molecular weight excluding hydrogens is 294 g/mol. The summed E-state index contributed by atoms with van der Waals surface area (Å²) >= 11 is 0. The first-order valence-electron chi connectivity index (χ1n) is 8.05. The number of likely N-dealkylation sites (N-methyl/N-ethyl adjacent to an activating group) is 1. The van der Waals surface area contributed by atoms with E-state index in [1.807, 2.05) is 6.07 Å². The monoisotopic (exact) mass is 321 g/mol. The van der Waals surface area contributed by atoms with Crippen molar-refractivity contribution in [2.45, 2.75) is 6.42 Å². The molecule has 0 aromatic heterocycles. The molecule has 0 atom stereocenters. The number of methoxy groups -OCH3 is 2. The number of rotatable bonds is 7. The molecule has 1 aromatic rings. The summed E-state index contributed by atoms with van der Waals surface area (Å²) < 4.78 is 10.5. The van der Waals surface area contributed by atoms with Gasteiger partial charge in [0.25, 0.3) is 5.91 Å². The van der Waals surface area contributed by atoms with Crippen LogP contribution in [0.15, 0.2) is 18.2 Å². The van der Waals surface area contributed by atoms with E-state index in [1.54, 1.807) is 26.4 Å². The van der Waals surface area contributed by atoms with Crippen LogP contribution >= 0.6 is 0 Å². The average molecular weight is 321 g/mol. The van der Waals surface area contributed by atoms with Crippen LogP contribution in [0.25, 0.3) is 0 Å². The van der Waals surface area contributed by atoms with E-state index in [9.17, 15) is 4.79 Å². The number of carbonyl (C=O) groups is 1. The van der Waals surface area contributed by atoms with E-state index in [2.05, 4.69) is 22.2 Å². The highest BCUT2D eigenvalue weighted by molar-refractivity contribution is 5.99. The minimum Gasteiger partial charge on any atom is -0.496 e. The molecule has 6 heteroatoms. The quantitative estimate of drug-likeness (QED) is 0.762. The van der Waals surface area contributed by atoms with Crippen LogP contribution in [0.2, 0.25) is 0 Å². The zero-order valence-electron chi connectivity index (χ0n) is 14.3. The second-order valence-electron chi connectivity index (χ2n) is 5.79. The molecule has 0 bridgehead atoms.